The van der Waals surface area contributed by atoms with Crippen LogP contribution in [0.25, 0.3) is 17.2 Å². The van der Waals surface area contributed by atoms with Crippen LogP contribution in [0.1, 0.15) is 64.2 Å². The Morgan fingerprint density at radius 1 is 1.04 bits per heavy atom. The molecule has 0 atom stereocenters. The highest BCUT2D eigenvalue weighted by Gasteiger charge is 2.20. The smallest absolute Gasteiger partial charge is 0.274 e. The molecule has 0 bridgehead atoms. The number of nitrogens with one attached hydrogen (secondary N) is 2. The van der Waals surface area contributed by atoms with Gasteiger partial charge in [0.15, 0.2) is 5.82 Å². The molecule has 47 heavy (non-hydrogen) atoms. The number of hydrogen-bond acceptors (Lipinski definition) is 7. The van der Waals surface area contributed by atoms with Crippen LogP contribution in [0.15, 0.2) is 65.2 Å². The van der Waals surface area contributed by atoms with E-state index in [-0.39, 0.29) is 28.4 Å². The molecule has 1 aromatic carbocycles. The van der Waals surface area contributed by atoms with Gasteiger partial charge in [0.05, 0.1) is 17.2 Å². The van der Waals surface area contributed by atoms with E-state index in [0.717, 1.165) is 76.8 Å². The van der Waals surface area contributed by atoms with Gasteiger partial charge in [0.25, 0.3) is 11.5 Å². The van der Waals surface area contributed by atoms with E-state index in [1.54, 1.807) is 50.8 Å². The lowest BCUT2D eigenvalue weighted by atomic mass is 10.0. The molecule has 2 N–H and O–H groups in total. The minimum absolute atomic E-state index is 0.0992. The van der Waals surface area contributed by atoms with E-state index in [4.69, 9.17) is 4.74 Å². The number of thiophene rings is 1. The number of ether oxygens (including phenoxy) is 1. The normalized spacial score (nSPS) is 16.4. The number of aryl methyl sites for hydroxylation is 3. The summed E-state index contributed by atoms with van der Waals surface area (Å²) in [5.41, 5.74) is 4.54. The Kier molecular flexibility index (Phi) is 10.6. The first-order chi connectivity index (χ1) is 22.9. The first-order valence-corrected chi connectivity index (χ1v) is 17.3. The lowest BCUT2D eigenvalue weighted by Gasteiger charge is -2.18. The topological polar surface area (TPSA) is 88.5 Å². The molecule has 1 aliphatic heterocycles. The Hall–Kier alpha value is -4.12. The molecule has 0 radical (unpaired) electrons. The van der Waals surface area contributed by atoms with Crippen LogP contribution >= 0.6 is 11.3 Å². The maximum Gasteiger partial charge on any atom is 0.274 e. The van der Waals surface area contributed by atoms with E-state index in [1.165, 1.54) is 38.3 Å². The Bertz CT molecular complexity index is 1790. The van der Waals surface area contributed by atoms with Crippen molar-refractivity contribution in [1.82, 2.24) is 14.5 Å². The molecule has 1 amide bonds. The first-order valence-electron chi connectivity index (χ1n) is 16.4. The highest BCUT2D eigenvalue weighted by atomic mass is 32.1. The standard InChI is InChI=1S/C37H42FN5O3S/c1-42-24-28(29-10-6-11-30(35(29)38)41-36(44)33-22-27-9-4-3-5-12-32(27)47-33)21-31(37(42)45)40-34-14-13-26(23-39-34)20-25-8-7-16-43(17-15-25)18-19-46-2/h6,10-11,13-14,20-24H,3-5,7-9,12,15-19H2,1-2H3,(H,39,40)(H,41,44)/b25-20-. The summed E-state index contributed by atoms with van der Waals surface area (Å²) >= 11 is 1.51. The maximum absolute atomic E-state index is 15.9. The van der Waals surface area contributed by atoms with Crippen molar-refractivity contribution in [1.29, 1.82) is 0 Å². The molecular formula is C37H42FN5O3S. The number of carbonyl (C=O) groups excluding carboxylic acids is 1. The highest BCUT2D eigenvalue weighted by molar-refractivity contribution is 7.14. The van der Waals surface area contributed by atoms with E-state index in [2.05, 4.69) is 26.6 Å². The van der Waals surface area contributed by atoms with Gasteiger partial charge < -0.3 is 24.8 Å². The number of aromatic nitrogens is 2. The number of carbonyl (C=O) groups is 1. The van der Waals surface area contributed by atoms with Gasteiger partial charge in [-0.25, -0.2) is 9.37 Å². The van der Waals surface area contributed by atoms with Gasteiger partial charge in [-0.05, 0) is 92.9 Å². The Labute approximate surface area is 279 Å². The fraction of sp³-hybridized carbons (Fsp3) is 0.378. The number of anilines is 3. The lowest BCUT2D eigenvalue weighted by Crippen LogP contribution is -2.28. The summed E-state index contributed by atoms with van der Waals surface area (Å²) in [6, 6.07) is 12.3. The molecule has 0 saturated carbocycles. The van der Waals surface area contributed by atoms with E-state index >= 15 is 4.39 Å². The van der Waals surface area contributed by atoms with Gasteiger partial charge in [0, 0.05) is 55.6 Å². The Morgan fingerprint density at radius 3 is 2.74 bits per heavy atom. The summed E-state index contributed by atoms with van der Waals surface area (Å²) in [5, 5.41) is 5.91. The number of likely N-dealkylation sites (tertiary alicyclic amines) is 1. The average molecular weight is 656 g/mol. The fourth-order valence-corrected chi connectivity index (χ4v) is 7.51. The van der Waals surface area contributed by atoms with Crippen molar-refractivity contribution in [2.45, 2.75) is 51.4 Å². The van der Waals surface area contributed by atoms with Gasteiger partial charge in [-0.2, -0.15) is 0 Å². The second-order valence-corrected chi connectivity index (χ2v) is 13.5. The maximum atomic E-state index is 15.9. The van der Waals surface area contributed by atoms with Gasteiger partial charge >= 0.3 is 0 Å². The van der Waals surface area contributed by atoms with E-state index < -0.39 is 5.82 Å². The largest absolute Gasteiger partial charge is 0.383 e. The van der Waals surface area contributed by atoms with Gasteiger partial charge in [-0.15, -0.1) is 11.3 Å². The monoisotopic (exact) mass is 655 g/mol. The third-order valence-corrected chi connectivity index (χ3v) is 10.2. The SMILES string of the molecule is COCCN1CCC/C(=C/c2ccc(Nc3cc(-c4cccc(NC(=O)c5cc6c(s5)CCCCC6)c4F)cn(C)c3=O)nc2)CC1. The number of halogens is 1. The van der Waals surface area contributed by atoms with Crippen LogP contribution in [0.3, 0.4) is 0 Å². The molecule has 4 heterocycles. The number of benzene rings is 1. The molecule has 0 spiro atoms. The quantitative estimate of drug-likeness (QED) is 0.183. The molecule has 2 aliphatic rings. The lowest BCUT2D eigenvalue weighted by molar-refractivity contribution is 0.103. The number of amides is 1. The van der Waals surface area contributed by atoms with Crippen LogP contribution in [-0.2, 0) is 24.6 Å². The molecule has 1 fully saturated rings. The van der Waals surface area contributed by atoms with Crippen LogP contribution in [0.4, 0.5) is 21.6 Å². The molecule has 0 unspecified atom stereocenters. The van der Waals surface area contributed by atoms with Crippen molar-refractivity contribution in [2.75, 3.05) is 44.0 Å². The zero-order valence-electron chi connectivity index (χ0n) is 27.1. The second kappa shape index (κ2) is 15.2. The molecular weight excluding hydrogens is 614 g/mol. The van der Waals surface area contributed by atoms with Crippen LogP contribution < -0.4 is 16.2 Å². The Balaban J connectivity index is 1.16. The number of rotatable bonds is 9. The summed E-state index contributed by atoms with van der Waals surface area (Å²) in [6.07, 6.45) is 14.3. The van der Waals surface area contributed by atoms with E-state index in [0.29, 0.717) is 16.3 Å². The molecule has 1 saturated heterocycles. The van der Waals surface area contributed by atoms with Crippen molar-refractivity contribution in [3.05, 3.63) is 97.5 Å². The van der Waals surface area contributed by atoms with E-state index in [1.807, 2.05) is 18.2 Å². The number of nitrogens with zero attached hydrogens (tertiary/aromatic N) is 3. The summed E-state index contributed by atoms with van der Waals surface area (Å²) in [4.78, 5) is 35.1. The van der Waals surface area contributed by atoms with Crippen molar-refractivity contribution in [3.63, 3.8) is 0 Å². The molecule has 246 valence electrons. The highest BCUT2D eigenvalue weighted by Crippen LogP contribution is 2.32. The predicted octanol–water partition coefficient (Wildman–Crippen LogP) is 7.43. The number of pyridine rings is 2. The first kappa shape index (κ1) is 32.8. The summed E-state index contributed by atoms with van der Waals surface area (Å²) in [5.74, 6) is -0.349. The molecule has 4 aromatic rings. The van der Waals surface area contributed by atoms with Gasteiger partial charge in [0.2, 0.25) is 0 Å². The fourth-order valence-electron chi connectivity index (χ4n) is 6.36. The third-order valence-electron chi connectivity index (χ3n) is 8.96. The van der Waals surface area contributed by atoms with E-state index in [9.17, 15) is 9.59 Å². The number of methoxy groups -OCH3 is 1. The van der Waals surface area contributed by atoms with Gasteiger partial charge in [0.1, 0.15) is 11.5 Å². The summed E-state index contributed by atoms with van der Waals surface area (Å²) in [6.45, 7) is 3.81. The van der Waals surface area contributed by atoms with Crippen LogP contribution in [0, 0.1) is 5.82 Å². The number of fused-ring (bicyclic) bond motifs is 1. The summed E-state index contributed by atoms with van der Waals surface area (Å²) in [7, 11) is 3.37. The average Bonchev–Trinajstić information content (AvgIpc) is 3.19. The van der Waals surface area contributed by atoms with Crippen LogP contribution in [0.2, 0.25) is 0 Å². The van der Waals surface area contributed by atoms with Crippen molar-refractivity contribution in [2.24, 2.45) is 7.05 Å². The molecule has 6 rings (SSSR count). The third kappa shape index (κ3) is 8.06. The Morgan fingerprint density at radius 2 is 1.91 bits per heavy atom. The minimum atomic E-state index is -0.556. The van der Waals surface area contributed by atoms with Crippen LogP contribution in [-0.4, -0.2) is 53.7 Å². The molecule has 1 aliphatic carbocycles. The molecule has 3 aromatic heterocycles. The summed E-state index contributed by atoms with van der Waals surface area (Å²) < 4.78 is 22.6. The van der Waals surface area contributed by atoms with Crippen molar-refractivity contribution in [3.8, 4) is 11.1 Å². The van der Waals surface area contributed by atoms with Crippen LogP contribution in [0.5, 0.6) is 0 Å². The van der Waals surface area contributed by atoms with Crippen molar-refractivity contribution >= 4 is 40.5 Å². The van der Waals surface area contributed by atoms with Gasteiger partial charge in [-0.3, -0.25) is 9.59 Å². The molecule has 10 heteroatoms. The number of hydrogen-bond donors (Lipinski definition) is 2. The zero-order chi connectivity index (χ0) is 32.8. The predicted molar refractivity (Wildman–Crippen MR) is 188 cm³/mol. The second-order valence-electron chi connectivity index (χ2n) is 12.4. The van der Waals surface area contributed by atoms with Gasteiger partial charge in [-0.1, -0.05) is 30.2 Å². The zero-order valence-corrected chi connectivity index (χ0v) is 27.9. The molecule has 8 nitrogen and oxygen atoms in total. The van der Waals surface area contributed by atoms with Crippen molar-refractivity contribution < 1.29 is 13.9 Å². The minimum Gasteiger partial charge on any atom is -0.383 e.